The fourth-order valence-electron chi connectivity index (χ4n) is 1.55. The van der Waals surface area contributed by atoms with Crippen molar-refractivity contribution in [3.8, 4) is 0 Å². The lowest BCUT2D eigenvalue weighted by molar-refractivity contribution is -0.163. The summed E-state index contributed by atoms with van der Waals surface area (Å²) in [6, 6.07) is 0. The monoisotopic (exact) mass is 177 g/mol. The van der Waals surface area contributed by atoms with Gasteiger partial charge in [-0.2, -0.15) is 5.48 Å². The van der Waals surface area contributed by atoms with Crippen molar-refractivity contribution < 1.29 is 24.9 Å². The summed E-state index contributed by atoms with van der Waals surface area (Å²) in [5.74, 6) is 0. The topological polar surface area (TPSA) is 91.2 Å². The number of hydroxylamine groups is 1. The number of ether oxygens (including phenoxy) is 1. The molecule has 0 amide bonds. The van der Waals surface area contributed by atoms with Crippen molar-refractivity contribution in [3.63, 3.8) is 0 Å². The molecule has 0 radical (unpaired) electrons. The van der Waals surface area contributed by atoms with Crippen LogP contribution in [0.3, 0.4) is 0 Å². The summed E-state index contributed by atoms with van der Waals surface area (Å²) in [5, 5.41) is 27.7. The van der Waals surface area contributed by atoms with Crippen LogP contribution in [0.2, 0.25) is 0 Å². The highest BCUT2D eigenvalue weighted by molar-refractivity contribution is 5.02. The van der Waals surface area contributed by atoms with Crippen LogP contribution < -0.4 is 5.48 Å². The number of aliphatic hydroxyl groups excluding tert-OH is 3. The van der Waals surface area contributed by atoms with Gasteiger partial charge in [0.15, 0.2) is 12.4 Å². The second kappa shape index (κ2) is 2.63. The predicted octanol–water partition coefficient (Wildman–Crippen LogP) is -2.67. The van der Waals surface area contributed by atoms with Gasteiger partial charge >= 0.3 is 0 Å². The van der Waals surface area contributed by atoms with Crippen LogP contribution in [0.5, 0.6) is 0 Å². The van der Waals surface area contributed by atoms with Gasteiger partial charge in [0.05, 0.1) is 13.2 Å². The highest BCUT2D eigenvalue weighted by Crippen LogP contribution is 2.33. The molecule has 2 aliphatic heterocycles. The zero-order valence-corrected chi connectivity index (χ0v) is 6.30. The first-order valence-electron chi connectivity index (χ1n) is 3.73. The van der Waals surface area contributed by atoms with Crippen LogP contribution in [-0.4, -0.2) is 52.6 Å². The van der Waals surface area contributed by atoms with E-state index >= 15 is 0 Å². The minimum atomic E-state index is -1.18. The van der Waals surface area contributed by atoms with Gasteiger partial charge in [-0.05, 0) is 0 Å². The molecule has 4 atom stereocenters. The molecule has 2 bridgehead atoms. The second-order valence-corrected chi connectivity index (χ2v) is 3.08. The summed E-state index contributed by atoms with van der Waals surface area (Å²) >= 11 is 0. The van der Waals surface area contributed by atoms with E-state index in [1.807, 2.05) is 0 Å². The van der Waals surface area contributed by atoms with Crippen molar-refractivity contribution in [1.82, 2.24) is 5.48 Å². The average Bonchev–Trinajstić information content (AvgIpc) is 2.23. The van der Waals surface area contributed by atoms with Gasteiger partial charge in [-0.25, -0.2) is 0 Å². The molecule has 0 spiro atoms. The Bertz CT molecular complexity index is 189. The van der Waals surface area contributed by atoms with Gasteiger partial charge in [-0.1, -0.05) is 0 Å². The maximum atomic E-state index is 9.52. The number of rotatable bonds is 1. The van der Waals surface area contributed by atoms with E-state index in [1.54, 1.807) is 0 Å². The van der Waals surface area contributed by atoms with Gasteiger partial charge in [0.25, 0.3) is 0 Å². The fraction of sp³-hybridized carbons (Fsp3) is 1.00. The van der Waals surface area contributed by atoms with Gasteiger partial charge in [0, 0.05) is 0 Å². The fourth-order valence-corrected chi connectivity index (χ4v) is 1.55. The van der Waals surface area contributed by atoms with Crippen molar-refractivity contribution in [2.75, 3.05) is 13.2 Å². The van der Waals surface area contributed by atoms with E-state index in [-0.39, 0.29) is 13.2 Å². The molecule has 0 aliphatic carbocycles. The minimum absolute atomic E-state index is 0.165. The third-order valence-electron chi connectivity index (χ3n) is 2.35. The molecule has 2 rings (SSSR count). The first kappa shape index (κ1) is 8.36. The molecule has 1 unspecified atom stereocenters. The Morgan fingerprint density at radius 2 is 2.25 bits per heavy atom. The highest BCUT2D eigenvalue weighted by atomic mass is 16.7. The van der Waals surface area contributed by atoms with Crippen molar-refractivity contribution in [1.29, 1.82) is 0 Å². The smallest absolute Gasteiger partial charge is 0.186 e. The number of nitrogens with one attached hydrogen (secondary N) is 1. The molecule has 70 valence electrons. The van der Waals surface area contributed by atoms with E-state index in [2.05, 4.69) is 5.48 Å². The molecular formula is C6H11NO5. The van der Waals surface area contributed by atoms with E-state index in [0.29, 0.717) is 0 Å². The van der Waals surface area contributed by atoms with Gasteiger partial charge < -0.3 is 20.1 Å². The Balaban J connectivity index is 2.24. The summed E-state index contributed by atoms with van der Waals surface area (Å²) in [6.07, 6.45) is -2.98. The first-order valence-corrected chi connectivity index (χ1v) is 3.73. The van der Waals surface area contributed by atoms with Gasteiger partial charge in [-0.3, -0.25) is 4.84 Å². The van der Waals surface area contributed by atoms with Crippen molar-refractivity contribution in [3.05, 3.63) is 0 Å². The van der Waals surface area contributed by atoms with Crippen LogP contribution in [0.25, 0.3) is 0 Å². The molecule has 0 aromatic rings. The quantitative estimate of drug-likeness (QED) is 0.349. The van der Waals surface area contributed by atoms with Crippen molar-refractivity contribution in [2.45, 2.75) is 24.1 Å². The lowest BCUT2D eigenvalue weighted by atomic mass is 9.95. The summed E-state index contributed by atoms with van der Waals surface area (Å²) in [4.78, 5) is 4.83. The average molecular weight is 177 g/mol. The van der Waals surface area contributed by atoms with E-state index in [1.165, 1.54) is 0 Å². The zero-order chi connectivity index (χ0) is 8.77. The highest BCUT2D eigenvalue weighted by Gasteiger charge is 2.57. The van der Waals surface area contributed by atoms with Gasteiger partial charge in [-0.15, -0.1) is 0 Å². The first-order chi connectivity index (χ1) is 5.69. The summed E-state index contributed by atoms with van der Waals surface area (Å²) < 4.78 is 5.00. The molecule has 0 aromatic carbocycles. The molecule has 6 nitrogen and oxygen atoms in total. The lowest BCUT2D eigenvalue weighted by Gasteiger charge is -2.33. The van der Waals surface area contributed by atoms with Crippen LogP contribution >= 0.6 is 0 Å². The maximum absolute atomic E-state index is 9.52. The van der Waals surface area contributed by atoms with Crippen LogP contribution in [0.1, 0.15) is 0 Å². The summed E-state index contributed by atoms with van der Waals surface area (Å²) in [6.45, 7) is -0.184. The molecule has 4 N–H and O–H groups in total. The Morgan fingerprint density at radius 3 is 2.83 bits per heavy atom. The van der Waals surface area contributed by atoms with Crippen LogP contribution in [0.4, 0.5) is 0 Å². The van der Waals surface area contributed by atoms with E-state index in [9.17, 15) is 10.2 Å². The van der Waals surface area contributed by atoms with Crippen LogP contribution in [0.15, 0.2) is 0 Å². The van der Waals surface area contributed by atoms with E-state index < -0.39 is 24.1 Å². The summed E-state index contributed by atoms with van der Waals surface area (Å²) in [5.41, 5.74) is 1.39. The normalized spacial score (nSPS) is 52.8. The molecule has 12 heavy (non-hydrogen) atoms. The maximum Gasteiger partial charge on any atom is 0.186 e. The number of aliphatic hydroxyl groups is 3. The standard InChI is InChI=1S/C6H11NO5/c8-2-6-1-7-12-3(4(6)9)5(10)11-6/h3-5,7-10H,1-2H2/t3-,4?,5+,6+/m0/s1. The van der Waals surface area contributed by atoms with E-state index in [4.69, 9.17) is 14.7 Å². The molecular weight excluding hydrogens is 166 g/mol. The number of hydrogen-bond donors (Lipinski definition) is 4. The SMILES string of the molecule is OC[C@]12CNO[C@@H](C1O)[C@H](O)O2. The molecule has 0 saturated carbocycles. The third kappa shape index (κ3) is 0.905. The van der Waals surface area contributed by atoms with Crippen molar-refractivity contribution in [2.24, 2.45) is 0 Å². The van der Waals surface area contributed by atoms with Gasteiger partial charge in [0.1, 0.15) is 11.7 Å². The van der Waals surface area contributed by atoms with Crippen LogP contribution in [-0.2, 0) is 9.57 Å². The Morgan fingerprint density at radius 1 is 1.50 bits per heavy atom. The molecule has 2 aliphatic rings. The molecule has 0 aromatic heterocycles. The number of fused-ring (bicyclic) bond motifs is 2. The Kier molecular flexibility index (Phi) is 1.83. The lowest BCUT2D eigenvalue weighted by Crippen LogP contribution is -2.58. The van der Waals surface area contributed by atoms with Crippen LogP contribution in [0, 0.1) is 0 Å². The van der Waals surface area contributed by atoms with Crippen molar-refractivity contribution >= 4 is 0 Å². The molecule has 2 heterocycles. The Hall–Kier alpha value is -0.240. The zero-order valence-electron chi connectivity index (χ0n) is 6.30. The largest absolute Gasteiger partial charge is 0.393 e. The third-order valence-corrected chi connectivity index (χ3v) is 2.35. The minimum Gasteiger partial charge on any atom is -0.393 e. The molecule has 6 heteroatoms. The number of hydrogen-bond acceptors (Lipinski definition) is 6. The molecule has 2 fully saturated rings. The summed E-state index contributed by atoms with van der Waals surface area (Å²) in [7, 11) is 0. The molecule has 2 saturated heterocycles. The second-order valence-electron chi connectivity index (χ2n) is 3.08. The van der Waals surface area contributed by atoms with Gasteiger partial charge in [0.2, 0.25) is 0 Å². The van der Waals surface area contributed by atoms with E-state index in [0.717, 1.165) is 0 Å². The Labute approximate surface area is 68.7 Å². The predicted molar refractivity (Wildman–Crippen MR) is 35.8 cm³/mol.